The monoisotopic (exact) mass is 453 g/mol. The van der Waals surface area contributed by atoms with Crippen LogP contribution in [-0.2, 0) is 19.1 Å². The lowest BCUT2D eigenvalue weighted by atomic mass is 10.0. The van der Waals surface area contributed by atoms with Crippen LogP contribution in [0, 0.1) is 5.82 Å². The zero-order chi connectivity index (χ0) is 23.0. The Hall–Kier alpha value is -3.75. The number of anilines is 1. The normalized spacial score (nSPS) is 14.4. The summed E-state index contributed by atoms with van der Waals surface area (Å²) in [5, 5.41) is 12.2. The van der Waals surface area contributed by atoms with Gasteiger partial charge in [-0.15, -0.1) is 5.10 Å². The van der Waals surface area contributed by atoms with E-state index in [0.29, 0.717) is 24.5 Å². The zero-order valence-corrected chi connectivity index (χ0v) is 17.4. The molecule has 1 atom stereocenters. The summed E-state index contributed by atoms with van der Waals surface area (Å²) in [4.78, 5) is 2.12. The Bertz CT molecular complexity index is 1250. The lowest BCUT2D eigenvalue weighted by Crippen LogP contribution is -2.30. The van der Waals surface area contributed by atoms with E-state index in [2.05, 4.69) is 20.4 Å². The molecule has 33 heavy (non-hydrogen) atoms. The number of rotatable bonds is 5. The summed E-state index contributed by atoms with van der Waals surface area (Å²) in [5.41, 5.74) is 2.90. The fourth-order valence-electron chi connectivity index (χ4n) is 4.24. The smallest absolute Gasteiger partial charge is 0.357 e. The molecule has 5 nitrogen and oxygen atoms in total. The van der Waals surface area contributed by atoms with Gasteiger partial charge in [-0.25, -0.2) is 9.07 Å². The number of nitrogens with zero attached hydrogens (tertiary/aromatic N) is 5. The number of halogens is 4. The highest BCUT2D eigenvalue weighted by atomic mass is 19.4. The molecule has 0 saturated heterocycles. The van der Waals surface area contributed by atoms with Crippen LogP contribution in [0.15, 0.2) is 72.8 Å². The summed E-state index contributed by atoms with van der Waals surface area (Å²) in [6.07, 6.45) is -3.61. The van der Waals surface area contributed by atoms with E-state index in [1.807, 2.05) is 24.3 Å². The van der Waals surface area contributed by atoms with Gasteiger partial charge in [0, 0.05) is 12.2 Å². The summed E-state index contributed by atoms with van der Waals surface area (Å²) in [6.45, 7) is 0.976. The van der Waals surface area contributed by atoms with Gasteiger partial charge in [0.15, 0.2) is 5.82 Å². The quantitative estimate of drug-likeness (QED) is 0.398. The molecule has 0 spiro atoms. The molecule has 0 radical (unpaired) electrons. The van der Waals surface area contributed by atoms with Crippen LogP contribution in [-0.4, -0.2) is 26.8 Å². The van der Waals surface area contributed by atoms with Crippen LogP contribution < -0.4 is 4.90 Å². The van der Waals surface area contributed by atoms with E-state index >= 15 is 0 Å². The highest BCUT2D eigenvalue weighted by molar-refractivity contribution is 5.60. The van der Waals surface area contributed by atoms with Crippen molar-refractivity contribution >= 4 is 5.69 Å². The predicted octanol–water partition coefficient (Wildman–Crippen LogP) is 5.03. The molecule has 4 aromatic rings. The Morgan fingerprint density at radius 2 is 1.64 bits per heavy atom. The summed E-state index contributed by atoms with van der Waals surface area (Å²) in [5.74, 6) is 0.155. The summed E-state index contributed by atoms with van der Waals surface area (Å²) < 4.78 is 54.4. The van der Waals surface area contributed by atoms with Gasteiger partial charge < -0.3 is 4.90 Å². The number of hydrogen-bond donors (Lipinski definition) is 0. The van der Waals surface area contributed by atoms with Crippen molar-refractivity contribution in [2.45, 2.75) is 25.2 Å². The molecule has 0 saturated carbocycles. The first-order valence-corrected chi connectivity index (χ1v) is 10.4. The van der Waals surface area contributed by atoms with Gasteiger partial charge >= 0.3 is 6.18 Å². The molecule has 0 bridgehead atoms. The minimum Gasteiger partial charge on any atom is -0.357 e. The lowest BCUT2D eigenvalue weighted by Gasteiger charge is -2.30. The van der Waals surface area contributed by atoms with E-state index < -0.39 is 17.8 Å². The van der Waals surface area contributed by atoms with E-state index in [9.17, 15) is 17.6 Å². The lowest BCUT2D eigenvalue weighted by molar-refractivity contribution is -0.137. The van der Waals surface area contributed by atoms with Gasteiger partial charge in [0.2, 0.25) is 0 Å². The van der Waals surface area contributed by atoms with Crippen molar-refractivity contribution in [1.82, 2.24) is 20.2 Å². The minimum absolute atomic E-state index is 0.301. The molecule has 1 aliphatic heterocycles. The Balaban J connectivity index is 1.57. The minimum atomic E-state index is -4.42. The van der Waals surface area contributed by atoms with E-state index in [4.69, 9.17) is 0 Å². The molecule has 168 valence electrons. The molecule has 9 heteroatoms. The van der Waals surface area contributed by atoms with Crippen LogP contribution in [0.25, 0.3) is 0 Å². The Morgan fingerprint density at radius 1 is 0.909 bits per heavy atom. The summed E-state index contributed by atoms with van der Waals surface area (Å²) in [6, 6.07) is 18.6. The maximum Gasteiger partial charge on any atom is 0.416 e. The molecule has 1 aromatic heterocycles. The van der Waals surface area contributed by atoms with E-state index in [0.717, 1.165) is 35.4 Å². The second-order valence-electron chi connectivity index (χ2n) is 7.92. The molecule has 0 N–H and O–H groups in total. The third-order valence-corrected chi connectivity index (χ3v) is 5.84. The number of fused-ring (bicyclic) bond motifs is 1. The van der Waals surface area contributed by atoms with Crippen LogP contribution in [0.2, 0.25) is 0 Å². The zero-order valence-electron chi connectivity index (χ0n) is 17.4. The van der Waals surface area contributed by atoms with E-state index in [1.54, 1.807) is 16.8 Å². The Morgan fingerprint density at radius 3 is 2.36 bits per heavy atom. The van der Waals surface area contributed by atoms with E-state index in [1.165, 1.54) is 24.3 Å². The van der Waals surface area contributed by atoms with Crippen molar-refractivity contribution < 1.29 is 17.6 Å². The SMILES string of the molecule is Fc1ccc(Cn2nnnc2C(c2ccc(C(F)(F)F)cc2)N2CCc3ccccc32)cc1. The average molecular weight is 453 g/mol. The van der Waals surface area contributed by atoms with Crippen LogP contribution in [0.3, 0.4) is 0 Å². The van der Waals surface area contributed by atoms with Gasteiger partial charge in [-0.1, -0.05) is 42.5 Å². The van der Waals surface area contributed by atoms with Gasteiger partial charge in [-0.2, -0.15) is 13.2 Å². The number of hydrogen-bond acceptors (Lipinski definition) is 4. The summed E-state index contributed by atoms with van der Waals surface area (Å²) >= 11 is 0. The first-order valence-electron chi connectivity index (χ1n) is 10.4. The van der Waals surface area contributed by atoms with Crippen LogP contribution in [0.4, 0.5) is 23.2 Å². The van der Waals surface area contributed by atoms with Gasteiger partial charge in [-0.05, 0) is 63.9 Å². The van der Waals surface area contributed by atoms with Crippen molar-refractivity contribution in [2.75, 3.05) is 11.4 Å². The molecule has 2 heterocycles. The van der Waals surface area contributed by atoms with Crippen molar-refractivity contribution in [3.8, 4) is 0 Å². The molecule has 1 unspecified atom stereocenters. The molecular formula is C24H19F4N5. The molecule has 3 aromatic carbocycles. The van der Waals surface area contributed by atoms with Crippen LogP contribution >= 0.6 is 0 Å². The predicted molar refractivity (Wildman–Crippen MR) is 114 cm³/mol. The van der Waals surface area contributed by atoms with Gasteiger partial charge in [-0.3, -0.25) is 0 Å². The van der Waals surface area contributed by atoms with Crippen molar-refractivity contribution in [2.24, 2.45) is 0 Å². The molecule has 0 aliphatic carbocycles. The fraction of sp³-hybridized carbons (Fsp3) is 0.208. The third-order valence-electron chi connectivity index (χ3n) is 5.84. The first-order chi connectivity index (χ1) is 15.9. The standard InChI is InChI=1S/C24H19F4N5/c25-20-11-5-16(6-12-20)15-33-23(29-30-31-33)22(18-7-9-19(10-8-18)24(26,27)28)32-14-13-17-3-1-2-4-21(17)32/h1-12,22H,13-15H2. The summed E-state index contributed by atoms with van der Waals surface area (Å²) in [7, 11) is 0. The topological polar surface area (TPSA) is 46.8 Å². The Labute approximate surface area is 187 Å². The van der Waals surface area contributed by atoms with Gasteiger partial charge in [0.1, 0.15) is 11.9 Å². The van der Waals surface area contributed by atoms with E-state index in [-0.39, 0.29) is 5.82 Å². The average Bonchev–Trinajstić information content (AvgIpc) is 3.43. The largest absolute Gasteiger partial charge is 0.416 e. The first kappa shape index (κ1) is 21.1. The highest BCUT2D eigenvalue weighted by Gasteiger charge is 2.34. The number of aromatic nitrogens is 4. The second-order valence-corrected chi connectivity index (χ2v) is 7.92. The number of alkyl halides is 3. The van der Waals surface area contributed by atoms with Gasteiger partial charge in [0.25, 0.3) is 0 Å². The maximum absolute atomic E-state index is 13.3. The van der Waals surface area contributed by atoms with Crippen molar-refractivity contribution in [3.63, 3.8) is 0 Å². The van der Waals surface area contributed by atoms with Crippen LogP contribution in [0.5, 0.6) is 0 Å². The van der Waals surface area contributed by atoms with Crippen LogP contribution in [0.1, 0.15) is 34.1 Å². The molecular weight excluding hydrogens is 434 g/mol. The van der Waals surface area contributed by atoms with Crippen molar-refractivity contribution in [3.05, 3.63) is 107 Å². The van der Waals surface area contributed by atoms with Gasteiger partial charge in [0.05, 0.1) is 12.1 Å². The second kappa shape index (κ2) is 8.31. The fourth-order valence-corrected chi connectivity index (χ4v) is 4.24. The maximum atomic E-state index is 13.3. The Kier molecular flexibility index (Phi) is 5.32. The number of para-hydroxylation sites is 1. The molecule has 0 fully saturated rings. The van der Waals surface area contributed by atoms with Crippen molar-refractivity contribution in [1.29, 1.82) is 0 Å². The number of benzene rings is 3. The molecule has 0 amide bonds. The molecule has 5 rings (SSSR count). The number of tetrazole rings is 1. The highest BCUT2D eigenvalue weighted by Crippen LogP contribution is 2.39. The third kappa shape index (κ3) is 4.18. The molecule has 1 aliphatic rings.